The van der Waals surface area contributed by atoms with Gasteiger partial charge in [0.25, 0.3) is 0 Å². The minimum absolute atomic E-state index is 0.0122. The Labute approximate surface area is 85.9 Å². The predicted molar refractivity (Wildman–Crippen MR) is 55.2 cm³/mol. The summed E-state index contributed by atoms with van der Waals surface area (Å²) in [4.78, 5) is 12.7. The SMILES string of the molecule is O=C(O)c1ccc(N2CCSCC2)o1. The van der Waals surface area contributed by atoms with Crippen LogP contribution in [0, 0.1) is 0 Å². The molecule has 0 spiro atoms. The first-order valence-electron chi connectivity index (χ1n) is 4.43. The van der Waals surface area contributed by atoms with Crippen LogP contribution < -0.4 is 4.90 Å². The van der Waals surface area contributed by atoms with Gasteiger partial charge in [-0.1, -0.05) is 0 Å². The lowest BCUT2D eigenvalue weighted by atomic mass is 10.4. The van der Waals surface area contributed by atoms with Crippen molar-refractivity contribution >= 4 is 23.6 Å². The van der Waals surface area contributed by atoms with Gasteiger partial charge in [-0.2, -0.15) is 11.8 Å². The lowest BCUT2D eigenvalue weighted by Gasteiger charge is -2.25. The molecule has 1 aliphatic heterocycles. The molecule has 0 amide bonds. The van der Waals surface area contributed by atoms with Gasteiger partial charge in [0.2, 0.25) is 5.76 Å². The second kappa shape index (κ2) is 3.96. The van der Waals surface area contributed by atoms with E-state index in [-0.39, 0.29) is 5.76 Å². The number of furan rings is 1. The van der Waals surface area contributed by atoms with Crippen LogP contribution in [0.25, 0.3) is 0 Å². The van der Waals surface area contributed by atoms with E-state index in [1.165, 1.54) is 6.07 Å². The Morgan fingerprint density at radius 2 is 2.14 bits per heavy atom. The van der Waals surface area contributed by atoms with Crippen molar-refractivity contribution in [2.75, 3.05) is 29.5 Å². The van der Waals surface area contributed by atoms with Crippen LogP contribution in [0.1, 0.15) is 10.6 Å². The quantitative estimate of drug-likeness (QED) is 0.807. The average molecular weight is 213 g/mol. The summed E-state index contributed by atoms with van der Waals surface area (Å²) in [5.74, 6) is 1.82. The highest BCUT2D eigenvalue weighted by Crippen LogP contribution is 2.21. The van der Waals surface area contributed by atoms with Gasteiger partial charge in [-0.25, -0.2) is 4.79 Å². The average Bonchev–Trinajstić information content (AvgIpc) is 2.68. The summed E-state index contributed by atoms with van der Waals surface area (Å²) in [5.41, 5.74) is 0. The minimum Gasteiger partial charge on any atom is -0.475 e. The van der Waals surface area contributed by atoms with Gasteiger partial charge in [0.15, 0.2) is 5.88 Å². The number of anilines is 1. The molecule has 5 heteroatoms. The molecule has 0 bridgehead atoms. The second-order valence-corrected chi connectivity index (χ2v) is 4.27. The first-order chi connectivity index (χ1) is 6.77. The van der Waals surface area contributed by atoms with Gasteiger partial charge in [0.05, 0.1) is 0 Å². The lowest BCUT2D eigenvalue weighted by Crippen LogP contribution is -2.31. The van der Waals surface area contributed by atoms with E-state index < -0.39 is 5.97 Å². The van der Waals surface area contributed by atoms with Gasteiger partial charge in [0.1, 0.15) is 0 Å². The first kappa shape index (κ1) is 9.45. The van der Waals surface area contributed by atoms with Gasteiger partial charge >= 0.3 is 5.97 Å². The Kier molecular flexibility index (Phi) is 2.67. The van der Waals surface area contributed by atoms with E-state index in [9.17, 15) is 4.79 Å². The van der Waals surface area contributed by atoms with Crippen LogP contribution in [0.15, 0.2) is 16.5 Å². The van der Waals surface area contributed by atoms with Crippen molar-refractivity contribution < 1.29 is 14.3 Å². The molecule has 1 aromatic heterocycles. The van der Waals surface area contributed by atoms with Gasteiger partial charge in [-0.15, -0.1) is 0 Å². The fourth-order valence-corrected chi connectivity index (χ4v) is 2.30. The molecule has 14 heavy (non-hydrogen) atoms. The van der Waals surface area contributed by atoms with E-state index >= 15 is 0 Å². The number of rotatable bonds is 2. The Balaban J connectivity index is 2.11. The molecule has 0 aliphatic carbocycles. The fraction of sp³-hybridized carbons (Fsp3) is 0.444. The fourth-order valence-electron chi connectivity index (χ4n) is 1.40. The van der Waals surface area contributed by atoms with Gasteiger partial charge in [0, 0.05) is 30.7 Å². The molecule has 1 aliphatic rings. The van der Waals surface area contributed by atoms with E-state index in [0.29, 0.717) is 5.88 Å². The molecule has 1 aromatic rings. The zero-order valence-corrected chi connectivity index (χ0v) is 8.42. The number of hydrogen-bond donors (Lipinski definition) is 1. The third-order valence-electron chi connectivity index (χ3n) is 2.13. The number of carbonyl (C=O) groups is 1. The molecular formula is C9H11NO3S. The maximum absolute atomic E-state index is 10.6. The molecule has 4 nitrogen and oxygen atoms in total. The molecular weight excluding hydrogens is 202 g/mol. The molecule has 2 rings (SSSR count). The Hall–Kier alpha value is -1.10. The number of nitrogens with zero attached hydrogens (tertiary/aromatic N) is 1. The van der Waals surface area contributed by atoms with Crippen molar-refractivity contribution in [2.45, 2.75) is 0 Å². The normalized spacial score (nSPS) is 17.0. The maximum atomic E-state index is 10.6. The van der Waals surface area contributed by atoms with Gasteiger partial charge in [-0.05, 0) is 6.07 Å². The van der Waals surface area contributed by atoms with Crippen LogP contribution in [0.3, 0.4) is 0 Å². The molecule has 0 unspecified atom stereocenters. The van der Waals surface area contributed by atoms with Gasteiger partial charge < -0.3 is 14.4 Å². The van der Waals surface area contributed by atoms with Crippen LogP contribution in [0.4, 0.5) is 5.88 Å². The molecule has 0 aromatic carbocycles. The van der Waals surface area contributed by atoms with Crippen LogP contribution in [-0.4, -0.2) is 35.7 Å². The Morgan fingerprint density at radius 3 is 2.71 bits per heavy atom. The predicted octanol–water partition coefficient (Wildman–Crippen LogP) is 1.53. The van der Waals surface area contributed by atoms with Crippen molar-refractivity contribution in [2.24, 2.45) is 0 Å². The lowest BCUT2D eigenvalue weighted by molar-refractivity contribution is 0.0663. The Bertz CT molecular complexity index is 331. The molecule has 0 saturated carbocycles. The summed E-state index contributed by atoms with van der Waals surface area (Å²) < 4.78 is 5.20. The van der Waals surface area contributed by atoms with Crippen molar-refractivity contribution in [1.29, 1.82) is 0 Å². The number of hydrogen-bond acceptors (Lipinski definition) is 4. The number of thioether (sulfide) groups is 1. The highest BCUT2D eigenvalue weighted by atomic mass is 32.2. The van der Waals surface area contributed by atoms with Crippen molar-refractivity contribution in [3.63, 3.8) is 0 Å². The minimum atomic E-state index is -1.01. The van der Waals surface area contributed by atoms with E-state index in [1.807, 2.05) is 11.8 Å². The van der Waals surface area contributed by atoms with Crippen LogP contribution in [0.2, 0.25) is 0 Å². The maximum Gasteiger partial charge on any atom is 0.371 e. The second-order valence-electron chi connectivity index (χ2n) is 3.04. The number of aromatic carboxylic acids is 1. The summed E-state index contributed by atoms with van der Waals surface area (Å²) in [6, 6.07) is 3.22. The summed E-state index contributed by atoms with van der Waals surface area (Å²) >= 11 is 1.91. The number of carboxylic acid groups (broad SMARTS) is 1. The zero-order chi connectivity index (χ0) is 9.97. The third-order valence-corrected chi connectivity index (χ3v) is 3.07. The molecule has 0 atom stereocenters. The number of carboxylic acids is 1. The third kappa shape index (κ3) is 1.87. The zero-order valence-electron chi connectivity index (χ0n) is 7.60. The molecule has 1 saturated heterocycles. The van der Waals surface area contributed by atoms with E-state index in [0.717, 1.165) is 24.6 Å². The van der Waals surface area contributed by atoms with Gasteiger partial charge in [-0.3, -0.25) is 0 Å². The van der Waals surface area contributed by atoms with Crippen molar-refractivity contribution in [3.8, 4) is 0 Å². The largest absolute Gasteiger partial charge is 0.475 e. The molecule has 1 fully saturated rings. The van der Waals surface area contributed by atoms with Crippen LogP contribution in [0.5, 0.6) is 0 Å². The summed E-state index contributed by atoms with van der Waals surface area (Å²) in [7, 11) is 0. The molecule has 1 N–H and O–H groups in total. The summed E-state index contributed by atoms with van der Waals surface area (Å²) in [5, 5.41) is 8.68. The highest BCUT2D eigenvalue weighted by Gasteiger charge is 2.16. The van der Waals surface area contributed by atoms with Crippen molar-refractivity contribution in [1.82, 2.24) is 0 Å². The Morgan fingerprint density at radius 1 is 1.43 bits per heavy atom. The van der Waals surface area contributed by atoms with E-state index in [2.05, 4.69) is 4.90 Å². The summed E-state index contributed by atoms with van der Waals surface area (Å²) in [6.07, 6.45) is 0. The van der Waals surface area contributed by atoms with E-state index in [1.54, 1.807) is 6.07 Å². The van der Waals surface area contributed by atoms with Crippen LogP contribution in [-0.2, 0) is 0 Å². The molecule has 76 valence electrons. The topological polar surface area (TPSA) is 53.7 Å². The van der Waals surface area contributed by atoms with Crippen molar-refractivity contribution in [3.05, 3.63) is 17.9 Å². The van der Waals surface area contributed by atoms with E-state index in [4.69, 9.17) is 9.52 Å². The van der Waals surface area contributed by atoms with Crippen LogP contribution >= 0.6 is 11.8 Å². The first-order valence-corrected chi connectivity index (χ1v) is 5.58. The molecule has 2 heterocycles. The summed E-state index contributed by atoms with van der Waals surface area (Å²) in [6.45, 7) is 1.86. The monoisotopic (exact) mass is 213 g/mol. The molecule has 0 radical (unpaired) electrons. The smallest absolute Gasteiger partial charge is 0.371 e. The standard InChI is InChI=1S/C9H11NO3S/c11-9(12)7-1-2-8(13-7)10-3-5-14-6-4-10/h1-2H,3-6H2,(H,11,12). The highest BCUT2D eigenvalue weighted by molar-refractivity contribution is 7.99.